The van der Waals surface area contributed by atoms with E-state index in [9.17, 15) is 4.79 Å². The predicted octanol–water partition coefficient (Wildman–Crippen LogP) is 4.64. The first-order chi connectivity index (χ1) is 8.76. The van der Waals surface area contributed by atoms with Crippen LogP contribution in [0.1, 0.15) is 71.6 Å². The average Bonchev–Trinajstić information content (AvgIpc) is 2.39. The molecule has 1 aliphatic rings. The third-order valence-electron chi connectivity index (χ3n) is 3.88. The van der Waals surface area contributed by atoms with Gasteiger partial charge in [-0.15, -0.1) is 0 Å². The van der Waals surface area contributed by atoms with Crippen molar-refractivity contribution < 1.29 is 9.53 Å². The lowest BCUT2D eigenvalue weighted by molar-refractivity contribution is -0.143. The van der Waals surface area contributed by atoms with E-state index in [2.05, 4.69) is 13.0 Å². The summed E-state index contributed by atoms with van der Waals surface area (Å²) in [5, 5.41) is 0. The van der Waals surface area contributed by atoms with E-state index in [1.807, 2.05) is 6.92 Å². The second-order valence-corrected chi connectivity index (χ2v) is 5.28. The van der Waals surface area contributed by atoms with E-state index >= 15 is 0 Å². The zero-order valence-electron chi connectivity index (χ0n) is 12.0. The van der Waals surface area contributed by atoms with Crippen LogP contribution >= 0.6 is 0 Å². The summed E-state index contributed by atoms with van der Waals surface area (Å²) in [4.78, 5) is 11.1. The number of hydrogen-bond acceptors (Lipinski definition) is 2. The molecule has 2 heteroatoms. The van der Waals surface area contributed by atoms with Gasteiger partial charge in [0.25, 0.3) is 0 Å². The minimum atomic E-state index is -0.0415. The fraction of sp³-hybridized carbons (Fsp3) is 0.812. The summed E-state index contributed by atoms with van der Waals surface area (Å²) in [6.07, 6.45) is 12.9. The van der Waals surface area contributed by atoms with Gasteiger partial charge in [-0.2, -0.15) is 0 Å². The Morgan fingerprint density at radius 2 is 2.17 bits per heavy atom. The SMILES string of the molecule is CCOC(=O)CCCCCC1=CCC(CC)CC1. The van der Waals surface area contributed by atoms with Gasteiger partial charge >= 0.3 is 5.97 Å². The third kappa shape index (κ3) is 6.23. The second-order valence-electron chi connectivity index (χ2n) is 5.28. The van der Waals surface area contributed by atoms with Crippen LogP contribution in [0.2, 0.25) is 0 Å². The molecule has 0 heterocycles. The number of carbonyl (C=O) groups excluding carboxylic acids is 1. The lowest BCUT2D eigenvalue weighted by Gasteiger charge is -2.20. The summed E-state index contributed by atoms with van der Waals surface area (Å²) in [6.45, 7) is 4.65. The molecule has 1 atom stereocenters. The van der Waals surface area contributed by atoms with Crippen LogP contribution in [0.3, 0.4) is 0 Å². The van der Waals surface area contributed by atoms with Gasteiger partial charge in [-0.3, -0.25) is 4.79 Å². The summed E-state index contributed by atoms with van der Waals surface area (Å²) < 4.78 is 4.91. The number of allylic oxidation sites excluding steroid dienone is 2. The van der Waals surface area contributed by atoms with Gasteiger partial charge in [0, 0.05) is 6.42 Å². The highest BCUT2D eigenvalue weighted by Gasteiger charge is 2.12. The Labute approximate surface area is 112 Å². The highest BCUT2D eigenvalue weighted by Crippen LogP contribution is 2.28. The summed E-state index contributed by atoms with van der Waals surface area (Å²) in [7, 11) is 0. The van der Waals surface area contributed by atoms with Crippen molar-refractivity contribution in [2.75, 3.05) is 6.61 Å². The van der Waals surface area contributed by atoms with Crippen LogP contribution in [0.25, 0.3) is 0 Å². The molecule has 18 heavy (non-hydrogen) atoms. The van der Waals surface area contributed by atoms with Crippen LogP contribution in [0.4, 0.5) is 0 Å². The molecule has 1 unspecified atom stereocenters. The molecule has 0 aliphatic heterocycles. The maximum atomic E-state index is 11.1. The van der Waals surface area contributed by atoms with Gasteiger partial charge in [0.15, 0.2) is 0 Å². The Morgan fingerprint density at radius 1 is 1.33 bits per heavy atom. The van der Waals surface area contributed by atoms with E-state index < -0.39 is 0 Å². The molecule has 0 saturated carbocycles. The Balaban J connectivity index is 2.01. The lowest BCUT2D eigenvalue weighted by Crippen LogP contribution is -2.05. The van der Waals surface area contributed by atoms with Crippen molar-refractivity contribution in [1.29, 1.82) is 0 Å². The summed E-state index contributed by atoms with van der Waals surface area (Å²) >= 11 is 0. The highest BCUT2D eigenvalue weighted by atomic mass is 16.5. The van der Waals surface area contributed by atoms with Crippen LogP contribution in [-0.2, 0) is 9.53 Å². The van der Waals surface area contributed by atoms with Crippen LogP contribution in [-0.4, -0.2) is 12.6 Å². The lowest BCUT2D eigenvalue weighted by atomic mass is 9.86. The molecule has 0 amide bonds. The molecule has 0 radical (unpaired) electrons. The summed E-state index contributed by atoms with van der Waals surface area (Å²) in [5.74, 6) is 0.887. The molecule has 0 N–H and O–H groups in total. The fourth-order valence-electron chi connectivity index (χ4n) is 2.57. The van der Waals surface area contributed by atoms with Crippen molar-refractivity contribution in [3.8, 4) is 0 Å². The number of esters is 1. The fourth-order valence-corrected chi connectivity index (χ4v) is 2.57. The molecule has 0 aromatic heterocycles. The van der Waals surface area contributed by atoms with Crippen LogP contribution < -0.4 is 0 Å². The Hall–Kier alpha value is -0.790. The zero-order valence-corrected chi connectivity index (χ0v) is 12.0. The molecule has 0 spiro atoms. The summed E-state index contributed by atoms with van der Waals surface area (Å²) in [5.41, 5.74) is 1.65. The van der Waals surface area contributed by atoms with Gasteiger partial charge in [0.1, 0.15) is 0 Å². The molecule has 0 bridgehead atoms. The van der Waals surface area contributed by atoms with Gasteiger partial charge in [-0.25, -0.2) is 0 Å². The van der Waals surface area contributed by atoms with E-state index in [1.54, 1.807) is 5.57 Å². The van der Waals surface area contributed by atoms with Crippen molar-refractivity contribution in [1.82, 2.24) is 0 Å². The van der Waals surface area contributed by atoms with Gasteiger partial charge in [0.05, 0.1) is 6.61 Å². The van der Waals surface area contributed by atoms with Crippen molar-refractivity contribution in [2.45, 2.75) is 71.6 Å². The second kappa shape index (κ2) is 9.18. The quantitative estimate of drug-likeness (QED) is 0.357. The van der Waals surface area contributed by atoms with Gasteiger partial charge < -0.3 is 4.74 Å². The van der Waals surface area contributed by atoms with Gasteiger partial charge in [0.2, 0.25) is 0 Å². The molecule has 0 aromatic carbocycles. The predicted molar refractivity (Wildman–Crippen MR) is 75.4 cm³/mol. The van der Waals surface area contributed by atoms with Crippen LogP contribution in [0, 0.1) is 5.92 Å². The highest BCUT2D eigenvalue weighted by molar-refractivity contribution is 5.69. The topological polar surface area (TPSA) is 26.3 Å². The smallest absolute Gasteiger partial charge is 0.305 e. The minimum absolute atomic E-state index is 0.0415. The molecular formula is C16H28O2. The van der Waals surface area contributed by atoms with E-state index in [0.717, 1.165) is 18.8 Å². The molecule has 1 aliphatic carbocycles. The maximum absolute atomic E-state index is 11.1. The van der Waals surface area contributed by atoms with Crippen molar-refractivity contribution in [3.05, 3.63) is 11.6 Å². The number of carbonyl (C=O) groups is 1. The summed E-state index contributed by atoms with van der Waals surface area (Å²) in [6, 6.07) is 0. The van der Waals surface area contributed by atoms with Crippen LogP contribution in [0.5, 0.6) is 0 Å². The van der Waals surface area contributed by atoms with Gasteiger partial charge in [-0.1, -0.05) is 31.4 Å². The van der Waals surface area contributed by atoms with E-state index in [1.165, 1.54) is 38.5 Å². The number of unbranched alkanes of at least 4 members (excludes halogenated alkanes) is 2. The third-order valence-corrected chi connectivity index (χ3v) is 3.88. The Morgan fingerprint density at radius 3 is 2.78 bits per heavy atom. The maximum Gasteiger partial charge on any atom is 0.305 e. The van der Waals surface area contributed by atoms with Crippen molar-refractivity contribution in [3.63, 3.8) is 0 Å². The molecule has 0 aromatic rings. The molecule has 1 rings (SSSR count). The normalized spacial score (nSPS) is 19.4. The largest absolute Gasteiger partial charge is 0.466 e. The first kappa shape index (κ1) is 15.3. The monoisotopic (exact) mass is 252 g/mol. The minimum Gasteiger partial charge on any atom is -0.466 e. The molecule has 2 nitrogen and oxygen atoms in total. The van der Waals surface area contributed by atoms with E-state index in [4.69, 9.17) is 4.74 Å². The average molecular weight is 252 g/mol. The first-order valence-electron chi connectivity index (χ1n) is 7.59. The van der Waals surface area contributed by atoms with E-state index in [0.29, 0.717) is 13.0 Å². The number of hydrogen-bond donors (Lipinski definition) is 0. The van der Waals surface area contributed by atoms with Gasteiger partial charge in [-0.05, 0) is 51.4 Å². The van der Waals surface area contributed by atoms with E-state index in [-0.39, 0.29) is 5.97 Å². The van der Waals surface area contributed by atoms with Crippen LogP contribution in [0.15, 0.2) is 11.6 Å². The molecular weight excluding hydrogens is 224 g/mol. The molecule has 0 fully saturated rings. The standard InChI is InChI=1S/C16H28O2/c1-3-14-10-12-15(13-11-14)8-6-5-7-9-16(17)18-4-2/h12,14H,3-11,13H2,1-2H3. The van der Waals surface area contributed by atoms with Crippen molar-refractivity contribution >= 4 is 5.97 Å². The molecule has 104 valence electrons. The number of rotatable bonds is 8. The first-order valence-corrected chi connectivity index (χ1v) is 7.59. The zero-order chi connectivity index (χ0) is 13.2. The number of ether oxygens (including phenoxy) is 1. The Kier molecular flexibility index (Phi) is 7.79. The van der Waals surface area contributed by atoms with Crippen molar-refractivity contribution in [2.24, 2.45) is 5.92 Å². The Bertz CT molecular complexity index is 268. The molecule has 0 saturated heterocycles.